The lowest BCUT2D eigenvalue weighted by atomic mass is 10.0. The number of aromatic amines is 1. The summed E-state index contributed by atoms with van der Waals surface area (Å²) in [6.07, 6.45) is 2.42. The van der Waals surface area contributed by atoms with E-state index in [4.69, 9.17) is 11.6 Å². The molecule has 2 aliphatic rings. The van der Waals surface area contributed by atoms with Crippen LogP contribution in [-0.4, -0.2) is 78.0 Å². The Labute approximate surface area is 162 Å². The first-order valence-electron chi connectivity index (χ1n) is 9.02. The van der Waals surface area contributed by atoms with E-state index in [9.17, 15) is 18.3 Å². The maximum Gasteiger partial charge on any atom is 0.325 e. The second-order valence-electron chi connectivity index (χ2n) is 7.30. The second-order valence-corrected chi connectivity index (χ2v) is 9.97. The van der Waals surface area contributed by atoms with E-state index in [1.54, 1.807) is 18.3 Å². The van der Waals surface area contributed by atoms with Gasteiger partial charge in [0.2, 0.25) is 0 Å². The van der Waals surface area contributed by atoms with Gasteiger partial charge < -0.3 is 10.1 Å². The molecule has 0 radical (unpaired) electrons. The number of hydrogen-bond donors (Lipinski definition) is 2. The van der Waals surface area contributed by atoms with Crippen LogP contribution in [-0.2, 0) is 14.6 Å². The molecule has 7 nitrogen and oxygen atoms in total. The third-order valence-electron chi connectivity index (χ3n) is 5.64. The Kier molecular flexibility index (Phi) is 4.92. The quantitative estimate of drug-likeness (QED) is 0.796. The molecule has 0 bridgehead atoms. The van der Waals surface area contributed by atoms with Crippen LogP contribution in [0.3, 0.4) is 0 Å². The highest BCUT2D eigenvalue weighted by Gasteiger charge is 2.37. The average molecular weight is 412 g/mol. The van der Waals surface area contributed by atoms with Gasteiger partial charge in [-0.15, -0.1) is 0 Å². The minimum Gasteiger partial charge on any atom is -0.480 e. The van der Waals surface area contributed by atoms with E-state index in [-0.39, 0.29) is 17.5 Å². The Morgan fingerprint density at radius 2 is 2.00 bits per heavy atom. The molecule has 4 rings (SSSR count). The van der Waals surface area contributed by atoms with Crippen molar-refractivity contribution in [3.8, 4) is 0 Å². The summed E-state index contributed by atoms with van der Waals surface area (Å²) >= 11 is 6.10. The Balaban J connectivity index is 1.52. The van der Waals surface area contributed by atoms with Crippen LogP contribution in [0.5, 0.6) is 0 Å². The van der Waals surface area contributed by atoms with E-state index in [1.807, 2.05) is 11.0 Å². The third kappa shape index (κ3) is 3.71. The van der Waals surface area contributed by atoms with Crippen molar-refractivity contribution in [1.82, 2.24) is 14.8 Å². The van der Waals surface area contributed by atoms with Crippen LogP contribution in [0.4, 0.5) is 0 Å². The lowest BCUT2D eigenvalue weighted by Gasteiger charge is -2.39. The third-order valence-corrected chi connectivity index (χ3v) is 7.63. The molecular formula is C18H22ClN3O4S. The number of nitrogens with zero attached hydrogens (tertiary/aromatic N) is 2. The number of H-pyrrole nitrogens is 1. The fourth-order valence-corrected chi connectivity index (χ4v) is 6.18. The summed E-state index contributed by atoms with van der Waals surface area (Å²) in [6, 6.07) is 4.71. The highest BCUT2D eigenvalue weighted by molar-refractivity contribution is 7.91. The smallest absolute Gasteiger partial charge is 0.325 e. The number of carbonyl (C=O) groups is 1. The number of aliphatic carboxylic acids is 1. The molecule has 2 unspecified atom stereocenters. The van der Waals surface area contributed by atoms with Crippen molar-refractivity contribution in [3.63, 3.8) is 0 Å². The first kappa shape index (κ1) is 18.7. The van der Waals surface area contributed by atoms with E-state index < -0.39 is 21.8 Å². The van der Waals surface area contributed by atoms with Gasteiger partial charge in [0.05, 0.1) is 11.5 Å². The summed E-state index contributed by atoms with van der Waals surface area (Å²) in [7, 11) is -2.92. The van der Waals surface area contributed by atoms with Crippen LogP contribution in [0.1, 0.15) is 18.0 Å². The van der Waals surface area contributed by atoms with Gasteiger partial charge in [-0.05, 0) is 24.6 Å². The number of piperazine rings is 1. The molecule has 0 spiro atoms. The molecule has 2 atom stereocenters. The van der Waals surface area contributed by atoms with Gasteiger partial charge >= 0.3 is 5.97 Å². The minimum atomic E-state index is -2.92. The topological polar surface area (TPSA) is 93.7 Å². The molecule has 0 aliphatic carbocycles. The Bertz CT molecular complexity index is 966. The van der Waals surface area contributed by atoms with Crippen molar-refractivity contribution in [2.45, 2.75) is 18.5 Å². The molecule has 2 fully saturated rings. The number of halogens is 1. The first-order valence-corrected chi connectivity index (χ1v) is 11.2. The molecule has 0 amide bonds. The lowest BCUT2D eigenvalue weighted by molar-refractivity contribution is -0.144. The molecule has 3 heterocycles. The predicted octanol–water partition coefficient (Wildman–Crippen LogP) is 1.75. The van der Waals surface area contributed by atoms with Crippen molar-refractivity contribution in [2.75, 3.05) is 37.7 Å². The number of nitrogens with one attached hydrogen (secondary N) is 1. The van der Waals surface area contributed by atoms with Crippen LogP contribution < -0.4 is 0 Å². The zero-order chi connectivity index (χ0) is 19.2. The maximum atomic E-state index is 12.1. The molecule has 27 heavy (non-hydrogen) atoms. The van der Waals surface area contributed by atoms with Crippen LogP contribution >= 0.6 is 11.6 Å². The van der Waals surface area contributed by atoms with Crippen LogP contribution in [0, 0.1) is 0 Å². The number of carboxylic acids is 1. The number of hydrogen-bond acceptors (Lipinski definition) is 5. The molecule has 0 saturated carbocycles. The summed E-state index contributed by atoms with van der Waals surface area (Å²) in [5.41, 5.74) is 1.56. The molecule has 2 aromatic rings. The monoisotopic (exact) mass is 411 g/mol. The number of fused-ring (bicyclic) bond motifs is 1. The Morgan fingerprint density at radius 3 is 2.63 bits per heavy atom. The first-order chi connectivity index (χ1) is 12.8. The Hall–Kier alpha value is -1.61. The van der Waals surface area contributed by atoms with Gasteiger partial charge in [-0.1, -0.05) is 11.6 Å². The molecular weight excluding hydrogens is 390 g/mol. The summed E-state index contributed by atoms with van der Waals surface area (Å²) in [5, 5.41) is 11.3. The molecule has 2 saturated heterocycles. The van der Waals surface area contributed by atoms with E-state index in [1.165, 1.54) is 0 Å². The van der Waals surface area contributed by atoms with E-state index in [0.29, 0.717) is 43.2 Å². The highest BCUT2D eigenvalue weighted by Crippen LogP contribution is 2.31. The number of rotatable bonds is 4. The van der Waals surface area contributed by atoms with Crippen LogP contribution in [0.25, 0.3) is 10.9 Å². The minimum absolute atomic E-state index is 0.0623. The number of aromatic nitrogens is 1. The fraction of sp³-hybridized carbons (Fsp3) is 0.500. The number of carboxylic acid groups (broad SMARTS) is 1. The van der Waals surface area contributed by atoms with E-state index >= 15 is 0 Å². The van der Waals surface area contributed by atoms with Gasteiger partial charge in [-0.2, -0.15) is 0 Å². The van der Waals surface area contributed by atoms with Gasteiger partial charge in [-0.25, -0.2) is 8.42 Å². The van der Waals surface area contributed by atoms with Gasteiger partial charge in [-0.3, -0.25) is 14.6 Å². The predicted molar refractivity (Wildman–Crippen MR) is 104 cm³/mol. The molecule has 2 N–H and O–H groups in total. The number of sulfone groups is 1. The summed E-state index contributed by atoms with van der Waals surface area (Å²) in [5.74, 6) is -0.421. The van der Waals surface area contributed by atoms with Crippen molar-refractivity contribution in [1.29, 1.82) is 0 Å². The second kappa shape index (κ2) is 7.09. The normalized spacial score (nSPS) is 25.0. The summed E-state index contributed by atoms with van der Waals surface area (Å²) in [4.78, 5) is 19.3. The zero-order valence-corrected chi connectivity index (χ0v) is 16.3. The van der Waals surface area contributed by atoms with Gasteiger partial charge in [0.15, 0.2) is 9.84 Å². The standard InChI is InChI=1S/C18H22ClN3O4S/c19-12-1-2-16-14(9-12)15(10-20-16)17(18(23)24)22-6-4-21(5-7-22)13-3-8-27(25,26)11-13/h1-2,9-10,13,17,20H,3-8,11H2,(H,23,24). The van der Waals surface area contributed by atoms with Crippen molar-refractivity contribution >= 4 is 38.3 Å². The van der Waals surface area contributed by atoms with Crippen LogP contribution in [0.15, 0.2) is 24.4 Å². The van der Waals surface area contributed by atoms with E-state index in [0.717, 1.165) is 10.9 Å². The summed E-state index contributed by atoms with van der Waals surface area (Å²) in [6.45, 7) is 2.52. The largest absolute Gasteiger partial charge is 0.480 e. The SMILES string of the molecule is O=C(O)C(c1c[nH]c2ccc(Cl)cc12)N1CCN(C2CCS(=O)(=O)C2)CC1. The average Bonchev–Trinajstić information content (AvgIpc) is 3.19. The summed E-state index contributed by atoms with van der Waals surface area (Å²) < 4.78 is 23.4. The van der Waals surface area contributed by atoms with Crippen molar-refractivity contribution < 1.29 is 18.3 Å². The lowest BCUT2D eigenvalue weighted by Crippen LogP contribution is -2.52. The fourth-order valence-electron chi connectivity index (χ4n) is 4.25. The molecule has 1 aromatic carbocycles. The van der Waals surface area contributed by atoms with Crippen molar-refractivity contribution in [3.05, 3.63) is 35.0 Å². The maximum absolute atomic E-state index is 12.1. The zero-order valence-electron chi connectivity index (χ0n) is 14.8. The van der Waals surface area contributed by atoms with Crippen molar-refractivity contribution in [2.24, 2.45) is 0 Å². The number of benzene rings is 1. The van der Waals surface area contributed by atoms with Gasteiger partial charge in [0.1, 0.15) is 6.04 Å². The molecule has 146 valence electrons. The molecule has 2 aliphatic heterocycles. The van der Waals surface area contributed by atoms with Gasteiger partial charge in [0, 0.05) is 59.9 Å². The van der Waals surface area contributed by atoms with Crippen LogP contribution in [0.2, 0.25) is 5.02 Å². The van der Waals surface area contributed by atoms with E-state index in [2.05, 4.69) is 9.88 Å². The molecule has 9 heteroatoms. The Morgan fingerprint density at radius 1 is 1.26 bits per heavy atom. The highest BCUT2D eigenvalue weighted by atomic mass is 35.5. The van der Waals surface area contributed by atoms with Gasteiger partial charge in [0.25, 0.3) is 0 Å². The molecule has 1 aromatic heterocycles.